The van der Waals surface area contributed by atoms with Crippen LogP contribution < -0.4 is 5.73 Å². The second kappa shape index (κ2) is 3.46. The molecule has 0 saturated carbocycles. The van der Waals surface area contributed by atoms with Crippen LogP contribution in [0.3, 0.4) is 0 Å². The Morgan fingerprint density at radius 1 is 1.38 bits per heavy atom. The molecule has 82 valence electrons. The van der Waals surface area contributed by atoms with Crippen LogP contribution in [-0.4, -0.2) is 9.55 Å². The third-order valence-corrected chi connectivity index (χ3v) is 3.48. The molecule has 1 aliphatic carbocycles. The van der Waals surface area contributed by atoms with E-state index in [9.17, 15) is 0 Å². The number of hydrogen-bond acceptors (Lipinski definition) is 2. The monoisotopic (exact) mass is 213 g/mol. The summed E-state index contributed by atoms with van der Waals surface area (Å²) in [6.07, 6.45) is 4.87. The summed E-state index contributed by atoms with van der Waals surface area (Å²) in [7, 11) is 0. The lowest BCUT2D eigenvalue weighted by Gasteiger charge is -2.19. The highest BCUT2D eigenvalue weighted by atomic mass is 15.1. The minimum atomic E-state index is 0.0871. The second-order valence-corrected chi connectivity index (χ2v) is 4.38. The molecule has 0 fully saturated rings. The van der Waals surface area contributed by atoms with Crippen LogP contribution in [0, 0.1) is 6.92 Å². The fourth-order valence-electron chi connectivity index (χ4n) is 2.61. The maximum Gasteiger partial charge on any atom is 0.105 e. The molecule has 0 spiro atoms. The molecule has 16 heavy (non-hydrogen) atoms. The lowest BCUT2D eigenvalue weighted by atomic mass is 10.1. The SMILES string of the molecule is Cc1nccn1C1Cc2ccccc2C1N. The summed E-state index contributed by atoms with van der Waals surface area (Å²) < 4.78 is 2.19. The molecule has 1 aromatic carbocycles. The summed E-state index contributed by atoms with van der Waals surface area (Å²) in [6, 6.07) is 8.84. The molecule has 0 aliphatic heterocycles. The number of fused-ring (bicyclic) bond motifs is 1. The average Bonchev–Trinajstić information content (AvgIpc) is 2.84. The molecule has 0 amide bonds. The van der Waals surface area contributed by atoms with E-state index in [0.29, 0.717) is 6.04 Å². The third kappa shape index (κ3) is 1.28. The third-order valence-electron chi connectivity index (χ3n) is 3.48. The van der Waals surface area contributed by atoms with Crippen LogP contribution in [0.2, 0.25) is 0 Å². The van der Waals surface area contributed by atoms with Crippen LogP contribution >= 0.6 is 0 Å². The Bertz CT molecular complexity index is 515. The molecule has 0 radical (unpaired) electrons. The van der Waals surface area contributed by atoms with Gasteiger partial charge in [0.2, 0.25) is 0 Å². The summed E-state index contributed by atoms with van der Waals surface area (Å²) in [6.45, 7) is 2.02. The minimum absolute atomic E-state index is 0.0871. The highest BCUT2D eigenvalue weighted by molar-refractivity contribution is 5.36. The van der Waals surface area contributed by atoms with Gasteiger partial charge in [0, 0.05) is 12.4 Å². The molecule has 1 aliphatic rings. The fraction of sp³-hybridized carbons (Fsp3) is 0.308. The number of nitrogens with two attached hydrogens (primary N) is 1. The van der Waals surface area contributed by atoms with E-state index in [1.54, 1.807) is 0 Å². The van der Waals surface area contributed by atoms with Gasteiger partial charge in [-0.3, -0.25) is 0 Å². The van der Waals surface area contributed by atoms with E-state index in [4.69, 9.17) is 5.73 Å². The first-order valence-electron chi connectivity index (χ1n) is 5.60. The van der Waals surface area contributed by atoms with E-state index in [1.807, 2.05) is 19.3 Å². The molecular formula is C13H15N3. The summed E-state index contributed by atoms with van der Waals surface area (Å²) in [4.78, 5) is 4.27. The first kappa shape index (κ1) is 9.60. The molecule has 0 saturated heterocycles. The zero-order chi connectivity index (χ0) is 11.1. The van der Waals surface area contributed by atoms with E-state index in [-0.39, 0.29) is 6.04 Å². The molecule has 2 atom stereocenters. The number of hydrogen-bond donors (Lipinski definition) is 1. The van der Waals surface area contributed by atoms with Crippen molar-refractivity contribution in [2.24, 2.45) is 5.73 Å². The van der Waals surface area contributed by atoms with Gasteiger partial charge in [-0.25, -0.2) is 4.98 Å². The molecule has 3 nitrogen and oxygen atoms in total. The Labute approximate surface area is 94.9 Å². The molecule has 2 N–H and O–H groups in total. The van der Waals surface area contributed by atoms with Crippen molar-refractivity contribution < 1.29 is 0 Å². The molecule has 2 unspecified atom stereocenters. The maximum atomic E-state index is 6.30. The van der Waals surface area contributed by atoms with Crippen molar-refractivity contribution in [3.8, 4) is 0 Å². The Morgan fingerprint density at radius 2 is 2.19 bits per heavy atom. The van der Waals surface area contributed by atoms with Crippen LogP contribution in [0.5, 0.6) is 0 Å². The summed E-state index contributed by atoms with van der Waals surface area (Å²) in [5.74, 6) is 1.04. The number of imidazole rings is 1. The average molecular weight is 213 g/mol. The smallest absolute Gasteiger partial charge is 0.105 e. The Hall–Kier alpha value is -1.61. The van der Waals surface area contributed by atoms with Gasteiger partial charge in [-0.15, -0.1) is 0 Å². The zero-order valence-corrected chi connectivity index (χ0v) is 9.30. The normalized spacial score (nSPS) is 23.4. The zero-order valence-electron chi connectivity index (χ0n) is 9.30. The van der Waals surface area contributed by atoms with Gasteiger partial charge in [-0.1, -0.05) is 24.3 Å². The van der Waals surface area contributed by atoms with Gasteiger partial charge >= 0.3 is 0 Å². The number of aromatic nitrogens is 2. The molecule has 3 heteroatoms. The summed E-state index contributed by atoms with van der Waals surface area (Å²) in [5.41, 5.74) is 8.95. The van der Waals surface area contributed by atoms with E-state index < -0.39 is 0 Å². The van der Waals surface area contributed by atoms with Gasteiger partial charge in [-0.2, -0.15) is 0 Å². The highest BCUT2D eigenvalue weighted by Gasteiger charge is 2.30. The number of benzene rings is 1. The van der Waals surface area contributed by atoms with E-state index in [1.165, 1.54) is 11.1 Å². The maximum absolute atomic E-state index is 6.30. The molecule has 0 bridgehead atoms. The molecule has 2 aromatic rings. The van der Waals surface area contributed by atoms with Crippen molar-refractivity contribution in [2.75, 3.05) is 0 Å². The van der Waals surface area contributed by atoms with Crippen LogP contribution in [0.4, 0.5) is 0 Å². The molecule has 3 rings (SSSR count). The Kier molecular flexibility index (Phi) is 2.07. The largest absolute Gasteiger partial charge is 0.330 e. The van der Waals surface area contributed by atoms with Crippen molar-refractivity contribution in [1.29, 1.82) is 0 Å². The molecule has 1 aromatic heterocycles. The van der Waals surface area contributed by atoms with E-state index in [0.717, 1.165) is 12.2 Å². The van der Waals surface area contributed by atoms with Gasteiger partial charge < -0.3 is 10.3 Å². The summed E-state index contributed by atoms with van der Waals surface area (Å²) in [5, 5.41) is 0. The van der Waals surface area contributed by atoms with Gasteiger partial charge in [0.05, 0.1) is 12.1 Å². The van der Waals surface area contributed by atoms with Crippen molar-refractivity contribution >= 4 is 0 Å². The Morgan fingerprint density at radius 3 is 2.88 bits per heavy atom. The van der Waals surface area contributed by atoms with Crippen molar-refractivity contribution in [2.45, 2.75) is 25.4 Å². The number of nitrogens with zero attached hydrogens (tertiary/aromatic N) is 2. The predicted molar refractivity (Wildman–Crippen MR) is 63.1 cm³/mol. The summed E-state index contributed by atoms with van der Waals surface area (Å²) >= 11 is 0. The minimum Gasteiger partial charge on any atom is -0.330 e. The number of rotatable bonds is 1. The lowest BCUT2D eigenvalue weighted by Crippen LogP contribution is -2.21. The lowest BCUT2D eigenvalue weighted by molar-refractivity contribution is 0.441. The highest BCUT2D eigenvalue weighted by Crippen LogP contribution is 2.37. The molecule has 1 heterocycles. The van der Waals surface area contributed by atoms with Crippen LogP contribution in [0.25, 0.3) is 0 Å². The molecular weight excluding hydrogens is 198 g/mol. The first-order valence-corrected chi connectivity index (χ1v) is 5.60. The van der Waals surface area contributed by atoms with Gasteiger partial charge in [0.1, 0.15) is 5.82 Å². The quantitative estimate of drug-likeness (QED) is 0.787. The van der Waals surface area contributed by atoms with Gasteiger partial charge in [0.15, 0.2) is 0 Å². The van der Waals surface area contributed by atoms with Gasteiger partial charge in [-0.05, 0) is 24.5 Å². The number of aryl methyl sites for hydroxylation is 1. The predicted octanol–water partition coefficient (Wildman–Crippen LogP) is 1.99. The van der Waals surface area contributed by atoms with Crippen LogP contribution in [0.15, 0.2) is 36.7 Å². The first-order chi connectivity index (χ1) is 7.77. The van der Waals surface area contributed by atoms with Crippen molar-refractivity contribution in [3.05, 3.63) is 53.6 Å². The van der Waals surface area contributed by atoms with Gasteiger partial charge in [0.25, 0.3) is 0 Å². The fourth-order valence-corrected chi connectivity index (χ4v) is 2.61. The topological polar surface area (TPSA) is 43.8 Å². The van der Waals surface area contributed by atoms with Crippen molar-refractivity contribution in [3.63, 3.8) is 0 Å². The van der Waals surface area contributed by atoms with Crippen molar-refractivity contribution in [1.82, 2.24) is 9.55 Å². The Balaban J connectivity index is 2.02. The van der Waals surface area contributed by atoms with Crippen LogP contribution in [-0.2, 0) is 6.42 Å². The van der Waals surface area contributed by atoms with Crippen LogP contribution in [0.1, 0.15) is 29.0 Å². The standard InChI is InChI=1S/C13H15N3/c1-9-15-6-7-16(9)12-8-10-4-2-3-5-11(10)13(12)14/h2-7,12-13H,8,14H2,1H3. The van der Waals surface area contributed by atoms with E-state index in [2.05, 4.69) is 33.8 Å². The second-order valence-electron chi connectivity index (χ2n) is 4.38. The van der Waals surface area contributed by atoms with E-state index >= 15 is 0 Å².